The van der Waals surface area contributed by atoms with Crippen molar-refractivity contribution in [3.8, 4) is 6.07 Å². The molecule has 0 fully saturated rings. The second-order valence-corrected chi connectivity index (χ2v) is 6.43. The third-order valence-electron chi connectivity index (χ3n) is 2.63. The smallest absolute Gasteiger partial charge is 0.175 e. The molecular formula is C13H18N2O2S. The minimum atomic E-state index is -3.12. The van der Waals surface area contributed by atoms with Crippen LogP contribution in [0.5, 0.6) is 0 Å². The number of sulfone groups is 1. The van der Waals surface area contributed by atoms with E-state index in [1.165, 1.54) is 6.26 Å². The van der Waals surface area contributed by atoms with E-state index in [9.17, 15) is 8.42 Å². The van der Waals surface area contributed by atoms with Crippen LogP contribution in [-0.2, 0) is 16.4 Å². The van der Waals surface area contributed by atoms with Crippen molar-refractivity contribution in [2.24, 2.45) is 0 Å². The maximum Gasteiger partial charge on any atom is 0.175 e. The molecule has 0 atom stereocenters. The molecule has 1 aromatic carbocycles. The van der Waals surface area contributed by atoms with Crippen molar-refractivity contribution in [2.45, 2.75) is 24.3 Å². The van der Waals surface area contributed by atoms with Gasteiger partial charge in [-0.15, -0.1) is 0 Å². The summed E-state index contributed by atoms with van der Waals surface area (Å²) in [7, 11) is -1.13. The van der Waals surface area contributed by atoms with Crippen LogP contribution in [0, 0.1) is 11.3 Å². The van der Waals surface area contributed by atoms with E-state index in [2.05, 4.69) is 11.0 Å². The largest absolute Gasteiger partial charge is 0.302 e. The van der Waals surface area contributed by atoms with Gasteiger partial charge in [0.2, 0.25) is 0 Å². The lowest BCUT2D eigenvalue weighted by atomic mass is 10.2. The van der Waals surface area contributed by atoms with Gasteiger partial charge in [-0.3, -0.25) is 0 Å². The SMILES string of the molecule is CN(CCCC#N)Cc1ccc(S(C)(=O)=O)cc1. The Kier molecular flexibility index (Phi) is 5.32. The second kappa shape index (κ2) is 6.53. The molecule has 1 rings (SSSR count). The summed E-state index contributed by atoms with van der Waals surface area (Å²) in [4.78, 5) is 2.46. The molecule has 0 spiro atoms. The molecule has 0 aromatic heterocycles. The highest BCUT2D eigenvalue weighted by atomic mass is 32.2. The maximum atomic E-state index is 11.3. The van der Waals surface area contributed by atoms with Crippen molar-refractivity contribution in [1.82, 2.24) is 4.90 Å². The maximum absolute atomic E-state index is 11.3. The zero-order chi connectivity index (χ0) is 13.6. The van der Waals surface area contributed by atoms with Crippen LogP contribution in [0.3, 0.4) is 0 Å². The van der Waals surface area contributed by atoms with Gasteiger partial charge in [-0.25, -0.2) is 8.42 Å². The van der Waals surface area contributed by atoms with Gasteiger partial charge in [0.25, 0.3) is 0 Å². The molecule has 98 valence electrons. The molecule has 0 unspecified atom stereocenters. The Morgan fingerprint density at radius 1 is 1.28 bits per heavy atom. The summed E-state index contributed by atoms with van der Waals surface area (Å²) in [5.74, 6) is 0. The fraction of sp³-hybridized carbons (Fsp3) is 0.462. The summed E-state index contributed by atoms with van der Waals surface area (Å²) < 4.78 is 22.6. The van der Waals surface area contributed by atoms with E-state index in [0.29, 0.717) is 11.3 Å². The summed E-state index contributed by atoms with van der Waals surface area (Å²) >= 11 is 0. The van der Waals surface area contributed by atoms with E-state index in [4.69, 9.17) is 5.26 Å². The van der Waals surface area contributed by atoms with Crippen LogP contribution < -0.4 is 0 Å². The van der Waals surface area contributed by atoms with Crippen LogP contribution in [0.25, 0.3) is 0 Å². The van der Waals surface area contributed by atoms with Gasteiger partial charge in [-0.2, -0.15) is 5.26 Å². The second-order valence-electron chi connectivity index (χ2n) is 4.42. The van der Waals surface area contributed by atoms with Gasteiger partial charge in [0.1, 0.15) is 0 Å². The summed E-state index contributed by atoms with van der Waals surface area (Å²) in [5.41, 5.74) is 1.07. The fourth-order valence-electron chi connectivity index (χ4n) is 1.66. The van der Waals surface area contributed by atoms with Gasteiger partial charge in [0.05, 0.1) is 11.0 Å². The summed E-state index contributed by atoms with van der Waals surface area (Å²) in [6, 6.07) is 9.04. The molecule has 0 N–H and O–H groups in total. The van der Waals surface area contributed by atoms with Crippen LogP contribution in [0.15, 0.2) is 29.2 Å². The van der Waals surface area contributed by atoms with E-state index in [-0.39, 0.29) is 0 Å². The minimum absolute atomic E-state index is 0.346. The van der Waals surface area contributed by atoms with Gasteiger partial charge in [-0.05, 0) is 37.7 Å². The highest BCUT2D eigenvalue weighted by Gasteiger charge is 2.06. The lowest BCUT2D eigenvalue weighted by molar-refractivity contribution is 0.323. The Hall–Kier alpha value is -1.38. The van der Waals surface area contributed by atoms with Crippen molar-refractivity contribution in [1.29, 1.82) is 5.26 Å². The zero-order valence-corrected chi connectivity index (χ0v) is 11.6. The fourth-order valence-corrected chi connectivity index (χ4v) is 2.29. The van der Waals surface area contributed by atoms with Crippen LogP contribution >= 0.6 is 0 Å². The molecule has 0 aliphatic heterocycles. The van der Waals surface area contributed by atoms with Crippen LogP contribution in [0.2, 0.25) is 0 Å². The van der Waals surface area contributed by atoms with Crippen LogP contribution in [-0.4, -0.2) is 33.2 Å². The van der Waals surface area contributed by atoms with Crippen molar-refractivity contribution in [3.05, 3.63) is 29.8 Å². The summed E-state index contributed by atoms with van der Waals surface area (Å²) in [5, 5.41) is 8.45. The molecule has 4 nitrogen and oxygen atoms in total. The lowest BCUT2D eigenvalue weighted by Gasteiger charge is -2.15. The Balaban J connectivity index is 2.56. The first-order valence-corrected chi connectivity index (χ1v) is 7.67. The summed E-state index contributed by atoms with van der Waals surface area (Å²) in [6.07, 6.45) is 2.63. The number of nitrogens with zero attached hydrogens (tertiary/aromatic N) is 2. The lowest BCUT2D eigenvalue weighted by Crippen LogP contribution is -2.18. The molecule has 0 aliphatic carbocycles. The predicted molar refractivity (Wildman–Crippen MR) is 70.7 cm³/mol. The van der Waals surface area contributed by atoms with Gasteiger partial charge in [0, 0.05) is 19.2 Å². The molecule has 0 bridgehead atoms. The monoisotopic (exact) mass is 266 g/mol. The Morgan fingerprint density at radius 3 is 2.39 bits per heavy atom. The molecule has 0 saturated heterocycles. The van der Waals surface area contributed by atoms with Gasteiger partial charge >= 0.3 is 0 Å². The van der Waals surface area contributed by atoms with Crippen molar-refractivity contribution in [2.75, 3.05) is 19.8 Å². The van der Waals surface area contributed by atoms with E-state index in [1.54, 1.807) is 12.1 Å². The van der Waals surface area contributed by atoms with E-state index in [0.717, 1.165) is 25.1 Å². The number of benzene rings is 1. The van der Waals surface area contributed by atoms with Crippen molar-refractivity contribution in [3.63, 3.8) is 0 Å². The Morgan fingerprint density at radius 2 is 1.89 bits per heavy atom. The van der Waals surface area contributed by atoms with Gasteiger partial charge in [-0.1, -0.05) is 12.1 Å². The number of rotatable bonds is 6. The quantitative estimate of drug-likeness (QED) is 0.737. The standard InChI is InChI=1S/C13H18N2O2S/c1-15(10-4-3-9-14)11-12-5-7-13(8-6-12)18(2,16)17/h5-8H,3-4,10-11H2,1-2H3. The third-order valence-corrected chi connectivity index (χ3v) is 3.76. The van der Waals surface area contributed by atoms with E-state index >= 15 is 0 Å². The topological polar surface area (TPSA) is 61.2 Å². The highest BCUT2D eigenvalue weighted by molar-refractivity contribution is 7.90. The molecule has 18 heavy (non-hydrogen) atoms. The number of hydrogen-bond donors (Lipinski definition) is 0. The molecule has 5 heteroatoms. The first-order valence-electron chi connectivity index (χ1n) is 5.78. The van der Waals surface area contributed by atoms with E-state index < -0.39 is 9.84 Å². The molecule has 0 radical (unpaired) electrons. The summed E-state index contributed by atoms with van der Waals surface area (Å²) in [6.45, 7) is 1.62. The van der Waals surface area contributed by atoms with Gasteiger partial charge in [0.15, 0.2) is 9.84 Å². The zero-order valence-electron chi connectivity index (χ0n) is 10.8. The van der Waals surface area contributed by atoms with Gasteiger partial charge < -0.3 is 4.90 Å². The first-order chi connectivity index (χ1) is 8.43. The van der Waals surface area contributed by atoms with Crippen molar-refractivity contribution < 1.29 is 8.42 Å². The third kappa shape index (κ3) is 4.86. The molecule has 0 aliphatic rings. The number of hydrogen-bond acceptors (Lipinski definition) is 4. The van der Waals surface area contributed by atoms with Crippen molar-refractivity contribution >= 4 is 9.84 Å². The normalized spacial score (nSPS) is 11.4. The van der Waals surface area contributed by atoms with E-state index in [1.807, 2.05) is 19.2 Å². The molecular weight excluding hydrogens is 248 g/mol. The first kappa shape index (κ1) is 14.7. The number of unbranched alkanes of at least 4 members (excludes halogenated alkanes) is 1. The predicted octanol–water partition coefficient (Wildman–Crippen LogP) is 1.83. The molecule has 0 heterocycles. The highest BCUT2D eigenvalue weighted by Crippen LogP contribution is 2.11. The average Bonchev–Trinajstić information content (AvgIpc) is 2.29. The van der Waals surface area contributed by atoms with Crippen LogP contribution in [0.4, 0.5) is 0 Å². The Bertz CT molecular complexity index is 515. The van der Waals surface area contributed by atoms with Crippen LogP contribution in [0.1, 0.15) is 18.4 Å². The molecule has 0 saturated carbocycles. The Labute approximate surface area is 109 Å². The minimum Gasteiger partial charge on any atom is -0.302 e. The average molecular weight is 266 g/mol. The molecule has 1 aromatic rings. The molecule has 0 amide bonds. The number of nitriles is 1.